The summed E-state index contributed by atoms with van der Waals surface area (Å²) < 4.78 is 5.91. The highest BCUT2D eigenvalue weighted by Crippen LogP contribution is 2.18. The topological polar surface area (TPSA) is 63.6 Å². The van der Waals surface area contributed by atoms with E-state index in [4.69, 9.17) is 9.84 Å². The summed E-state index contributed by atoms with van der Waals surface area (Å²) in [5, 5.41) is 8.66. The molecule has 0 aromatic carbocycles. The predicted molar refractivity (Wildman–Crippen MR) is 172 cm³/mol. The molecular weight excluding hydrogens is 496 g/mol. The molecular formula is C36H70O4. The average Bonchev–Trinajstić information content (AvgIpc) is 2.94. The zero-order valence-electron chi connectivity index (χ0n) is 27.2. The minimum atomic E-state index is -0.669. The Morgan fingerprint density at radius 2 is 0.775 bits per heavy atom. The van der Waals surface area contributed by atoms with Crippen LogP contribution >= 0.6 is 0 Å². The molecule has 0 rings (SSSR count). The van der Waals surface area contributed by atoms with Crippen LogP contribution in [0.3, 0.4) is 0 Å². The fourth-order valence-electron chi connectivity index (χ4n) is 5.64. The zero-order valence-corrected chi connectivity index (χ0v) is 27.2. The Kier molecular flexibility index (Phi) is 31.6. The molecule has 1 unspecified atom stereocenters. The first-order valence-electron chi connectivity index (χ1n) is 18.0. The second-order valence-corrected chi connectivity index (χ2v) is 12.4. The highest BCUT2D eigenvalue weighted by molar-refractivity contribution is 5.69. The van der Waals surface area contributed by atoms with E-state index in [0.717, 1.165) is 44.9 Å². The third kappa shape index (κ3) is 31.5. The molecule has 0 bridgehead atoms. The summed E-state index contributed by atoms with van der Waals surface area (Å²) in [5.74, 6) is -0.635. The van der Waals surface area contributed by atoms with Gasteiger partial charge in [-0.2, -0.15) is 0 Å². The summed E-state index contributed by atoms with van der Waals surface area (Å²) in [6.45, 7) is 4.49. The van der Waals surface area contributed by atoms with Gasteiger partial charge >= 0.3 is 11.9 Å². The summed E-state index contributed by atoms with van der Waals surface area (Å²) >= 11 is 0. The van der Waals surface area contributed by atoms with Gasteiger partial charge in [0.25, 0.3) is 0 Å². The van der Waals surface area contributed by atoms with Crippen molar-refractivity contribution in [1.82, 2.24) is 0 Å². The minimum Gasteiger partial charge on any atom is -0.481 e. The highest BCUT2D eigenvalue weighted by Gasteiger charge is 2.13. The normalized spacial score (nSPS) is 12.1. The Balaban J connectivity index is 3.62. The summed E-state index contributed by atoms with van der Waals surface area (Å²) in [6, 6.07) is 0. The fourth-order valence-corrected chi connectivity index (χ4v) is 5.64. The van der Waals surface area contributed by atoms with Crippen molar-refractivity contribution in [3.63, 3.8) is 0 Å². The largest absolute Gasteiger partial charge is 0.481 e. The van der Waals surface area contributed by atoms with Crippen LogP contribution in [0.2, 0.25) is 0 Å². The van der Waals surface area contributed by atoms with Crippen LogP contribution < -0.4 is 0 Å². The van der Waals surface area contributed by atoms with E-state index in [1.165, 1.54) is 141 Å². The number of carboxylic acid groups (broad SMARTS) is 1. The third-order valence-corrected chi connectivity index (χ3v) is 8.33. The van der Waals surface area contributed by atoms with E-state index in [1.807, 2.05) is 0 Å². The van der Waals surface area contributed by atoms with Crippen LogP contribution in [0.4, 0.5) is 0 Å². The van der Waals surface area contributed by atoms with Crippen LogP contribution in [-0.2, 0) is 14.3 Å². The lowest BCUT2D eigenvalue weighted by atomic mass is 10.0. The molecule has 0 spiro atoms. The number of aliphatic carboxylic acids is 1. The Hall–Kier alpha value is -1.06. The molecule has 0 aromatic heterocycles. The number of hydrogen-bond acceptors (Lipinski definition) is 3. The second-order valence-electron chi connectivity index (χ2n) is 12.4. The maximum atomic E-state index is 12.4. The number of rotatable bonds is 33. The molecule has 1 atom stereocenters. The first kappa shape index (κ1) is 38.9. The number of esters is 1. The first-order chi connectivity index (χ1) is 19.6. The molecule has 40 heavy (non-hydrogen) atoms. The van der Waals surface area contributed by atoms with E-state index in [2.05, 4.69) is 13.8 Å². The molecule has 0 aliphatic carbocycles. The molecule has 0 heterocycles. The number of carboxylic acids is 1. The van der Waals surface area contributed by atoms with Crippen molar-refractivity contribution in [1.29, 1.82) is 0 Å². The van der Waals surface area contributed by atoms with Gasteiger partial charge in [0.05, 0.1) is 0 Å². The van der Waals surface area contributed by atoms with Gasteiger partial charge in [-0.3, -0.25) is 9.59 Å². The number of carbonyl (C=O) groups excluding carboxylic acids is 1. The average molecular weight is 567 g/mol. The van der Waals surface area contributed by atoms with Gasteiger partial charge in [-0.1, -0.05) is 168 Å². The molecule has 0 aliphatic heterocycles. The quantitative estimate of drug-likeness (QED) is 0.0633. The van der Waals surface area contributed by atoms with Crippen LogP contribution in [0.5, 0.6) is 0 Å². The molecule has 0 saturated heterocycles. The van der Waals surface area contributed by atoms with Gasteiger partial charge in [-0.25, -0.2) is 0 Å². The molecule has 0 saturated carbocycles. The lowest BCUT2D eigenvalue weighted by Crippen LogP contribution is -2.18. The molecule has 4 nitrogen and oxygen atoms in total. The minimum absolute atomic E-state index is 0.0334. The lowest BCUT2D eigenvalue weighted by Gasteiger charge is -2.18. The van der Waals surface area contributed by atoms with E-state index >= 15 is 0 Å². The Morgan fingerprint density at radius 1 is 0.450 bits per heavy atom. The van der Waals surface area contributed by atoms with Crippen LogP contribution in [-0.4, -0.2) is 23.1 Å². The molecule has 0 amide bonds. The van der Waals surface area contributed by atoms with Crippen molar-refractivity contribution in [2.24, 2.45) is 0 Å². The van der Waals surface area contributed by atoms with Crippen molar-refractivity contribution >= 4 is 11.9 Å². The van der Waals surface area contributed by atoms with Gasteiger partial charge in [0, 0.05) is 12.8 Å². The Bertz CT molecular complexity index is 533. The van der Waals surface area contributed by atoms with E-state index in [1.54, 1.807) is 0 Å². The van der Waals surface area contributed by atoms with Gasteiger partial charge in [-0.15, -0.1) is 0 Å². The number of ether oxygens (including phenoxy) is 1. The van der Waals surface area contributed by atoms with E-state index in [0.29, 0.717) is 12.8 Å². The van der Waals surface area contributed by atoms with Gasteiger partial charge in [0.15, 0.2) is 0 Å². The fraction of sp³-hybridized carbons (Fsp3) is 0.944. The predicted octanol–water partition coefficient (Wildman–Crippen LogP) is 12.1. The zero-order chi connectivity index (χ0) is 29.4. The van der Waals surface area contributed by atoms with E-state index in [9.17, 15) is 9.59 Å². The summed E-state index contributed by atoms with van der Waals surface area (Å²) in [6.07, 6.45) is 37.3. The number of hydrogen-bond donors (Lipinski definition) is 1. The van der Waals surface area contributed by atoms with Crippen molar-refractivity contribution in [3.8, 4) is 0 Å². The lowest BCUT2D eigenvalue weighted by molar-refractivity contribution is -0.150. The van der Waals surface area contributed by atoms with Gasteiger partial charge < -0.3 is 9.84 Å². The summed E-state index contributed by atoms with van der Waals surface area (Å²) in [4.78, 5) is 22.9. The molecule has 238 valence electrons. The van der Waals surface area contributed by atoms with E-state index < -0.39 is 5.97 Å². The third-order valence-electron chi connectivity index (χ3n) is 8.33. The van der Waals surface area contributed by atoms with Crippen LogP contribution in [0, 0.1) is 0 Å². The molecule has 0 aromatic rings. The van der Waals surface area contributed by atoms with Crippen LogP contribution in [0.25, 0.3) is 0 Å². The summed E-state index contributed by atoms with van der Waals surface area (Å²) in [7, 11) is 0. The number of unbranched alkanes of at least 4 members (excludes halogenated alkanes) is 24. The molecule has 0 radical (unpaired) electrons. The van der Waals surface area contributed by atoms with Crippen molar-refractivity contribution in [2.75, 3.05) is 0 Å². The maximum absolute atomic E-state index is 12.4. The maximum Gasteiger partial charge on any atom is 0.306 e. The molecule has 4 heteroatoms. The standard InChI is InChI=1S/C36H70O4/c1-3-5-7-8-9-10-11-12-17-20-23-26-29-33-36(39)40-34(30-6-4-2)31-27-24-21-18-15-13-14-16-19-22-25-28-32-35(37)38/h34H,3-33H2,1-2H3,(H,37,38). The van der Waals surface area contributed by atoms with Crippen molar-refractivity contribution in [2.45, 2.75) is 219 Å². The SMILES string of the molecule is CCCCCCCCCCCCCCCC(=O)OC(CCCC)CCCCCCCCCCCCCCC(=O)O. The molecule has 1 N–H and O–H groups in total. The van der Waals surface area contributed by atoms with Crippen LogP contribution in [0.15, 0.2) is 0 Å². The Labute approximate surface area is 250 Å². The monoisotopic (exact) mass is 567 g/mol. The van der Waals surface area contributed by atoms with Gasteiger partial charge in [-0.05, 0) is 32.1 Å². The van der Waals surface area contributed by atoms with Gasteiger partial charge in [0.2, 0.25) is 0 Å². The second kappa shape index (κ2) is 32.5. The summed E-state index contributed by atoms with van der Waals surface area (Å²) in [5.41, 5.74) is 0. The van der Waals surface area contributed by atoms with Crippen LogP contribution in [0.1, 0.15) is 213 Å². The molecule has 0 aliphatic rings. The highest BCUT2D eigenvalue weighted by atomic mass is 16.5. The first-order valence-corrected chi connectivity index (χ1v) is 18.0. The van der Waals surface area contributed by atoms with Crippen molar-refractivity contribution < 1.29 is 19.4 Å². The van der Waals surface area contributed by atoms with E-state index in [-0.39, 0.29) is 12.1 Å². The van der Waals surface area contributed by atoms with Gasteiger partial charge in [0.1, 0.15) is 6.10 Å². The van der Waals surface area contributed by atoms with Crippen molar-refractivity contribution in [3.05, 3.63) is 0 Å². The Morgan fingerprint density at radius 3 is 1.18 bits per heavy atom. The number of carbonyl (C=O) groups is 2. The smallest absolute Gasteiger partial charge is 0.306 e. The molecule has 0 fully saturated rings.